The van der Waals surface area contributed by atoms with Crippen molar-refractivity contribution in [3.63, 3.8) is 0 Å². The van der Waals surface area contributed by atoms with Gasteiger partial charge in [-0.05, 0) is 29.8 Å². The van der Waals surface area contributed by atoms with E-state index >= 15 is 0 Å². The predicted octanol–water partition coefficient (Wildman–Crippen LogP) is 5.05. The molecule has 1 unspecified atom stereocenters. The van der Waals surface area contributed by atoms with Crippen LogP contribution in [0.15, 0.2) is 82.9 Å². The Morgan fingerprint density at radius 1 is 1.09 bits per heavy atom. The van der Waals surface area contributed by atoms with Crippen molar-refractivity contribution in [1.82, 2.24) is 0 Å². The van der Waals surface area contributed by atoms with E-state index in [4.69, 9.17) is 13.9 Å². The van der Waals surface area contributed by atoms with Gasteiger partial charge in [-0.3, -0.25) is 14.5 Å². The fourth-order valence-electron chi connectivity index (χ4n) is 3.93. The first-order chi connectivity index (χ1) is 15.9. The van der Waals surface area contributed by atoms with Gasteiger partial charge < -0.3 is 19.0 Å². The van der Waals surface area contributed by atoms with Crippen LogP contribution in [0.1, 0.15) is 25.5 Å². The van der Waals surface area contributed by atoms with Crippen LogP contribution in [-0.2, 0) is 14.3 Å². The molecule has 7 heteroatoms. The molecule has 0 saturated carbocycles. The molecule has 1 aliphatic rings. The number of ketones is 1. The number of benzene rings is 2. The number of anilines is 1. The van der Waals surface area contributed by atoms with Gasteiger partial charge in [-0.1, -0.05) is 44.2 Å². The maximum absolute atomic E-state index is 13.3. The van der Waals surface area contributed by atoms with Crippen LogP contribution >= 0.6 is 0 Å². The highest BCUT2D eigenvalue weighted by molar-refractivity contribution is 6.17. The largest absolute Gasteiger partial charge is 0.503 e. The molecule has 170 valence electrons. The molecule has 1 aromatic heterocycles. The van der Waals surface area contributed by atoms with Gasteiger partial charge in [0.15, 0.2) is 18.3 Å². The quantitative estimate of drug-likeness (QED) is 0.486. The van der Waals surface area contributed by atoms with Crippen molar-refractivity contribution in [2.45, 2.75) is 19.9 Å². The fourth-order valence-corrected chi connectivity index (χ4v) is 3.93. The molecule has 0 fully saturated rings. The summed E-state index contributed by atoms with van der Waals surface area (Å²) in [4.78, 5) is 27.8. The van der Waals surface area contributed by atoms with Gasteiger partial charge in [0.25, 0.3) is 5.91 Å². The average molecular weight is 447 g/mol. The number of carbonyl (C=O) groups excluding carboxylic acids is 2. The molecule has 33 heavy (non-hydrogen) atoms. The number of methoxy groups -OCH3 is 1. The van der Waals surface area contributed by atoms with Crippen molar-refractivity contribution < 1.29 is 28.6 Å². The average Bonchev–Trinajstić information content (AvgIpc) is 3.45. The van der Waals surface area contributed by atoms with Crippen molar-refractivity contribution in [1.29, 1.82) is 0 Å². The minimum absolute atomic E-state index is 0.000232. The Hall–Kier alpha value is -3.84. The van der Waals surface area contributed by atoms with Crippen LogP contribution in [0.2, 0.25) is 0 Å². The first kappa shape index (κ1) is 22.4. The number of furan rings is 1. The first-order valence-electron chi connectivity index (χ1n) is 10.6. The lowest BCUT2D eigenvalue weighted by atomic mass is 9.90. The molecule has 0 spiro atoms. The van der Waals surface area contributed by atoms with E-state index in [2.05, 4.69) is 0 Å². The van der Waals surface area contributed by atoms with E-state index in [0.29, 0.717) is 17.0 Å². The van der Waals surface area contributed by atoms with Crippen LogP contribution in [0.3, 0.4) is 0 Å². The zero-order valence-corrected chi connectivity index (χ0v) is 18.6. The summed E-state index contributed by atoms with van der Waals surface area (Å²) in [6, 6.07) is 15.4. The standard InChI is InChI=1S/C26H25NO6/c1-16(2)24(28)22-23(20-6-4-5-7-21(20)33-15-31-3)27(26(30)25(22)29)19-10-8-17(9-11-19)18-12-13-32-14-18/h4-14,16,23,29H,15H2,1-3H3. The molecule has 1 aliphatic heterocycles. The van der Waals surface area contributed by atoms with E-state index in [9.17, 15) is 14.7 Å². The summed E-state index contributed by atoms with van der Waals surface area (Å²) in [5, 5.41) is 10.8. The Morgan fingerprint density at radius 3 is 2.45 bits per heavy atom. The Labute approximate surface area is 191 Å². The summed E-state index contributed by atoms with van der Waals surface area (Å²) in [6.07, 6.45) is 3.22. The number of amides is 1. The van der Waals surface area contributed by atoms with Crippen molar-refractivity contribution in [2.24, 2.45) is 5.92 Å². The predicted molar refractivity (Wildman–Crippen MR) is 123 cm³/mol. The number of carbonyl (C=O) groups is 2. The molecule has 3 aromatic rings. The molecule has 0 radical (unpaired) electrons. The summed E-state index contributed by atoms with van der Waals surface area (Å²) in [7, 11) is 1.51. The van der Waals surface area contributed by atoms with E-state index in [1.807, 2.05) is 18.2 Å². The molecule has 1 atom stereocenters. The molecule has 7 nitrogen and oxygen atoms in total. The van der Waals surface area contributed by atoms with Gasteiger partial charge in [0.2, 0.25) is 0 Å². The van der Waals surface area contributed by atoms with Gasteiger partial charge in [-0.2, -0.15) is 0 Å². The number of hydrogen-bond donors (Lipinski definition) is 1. The van der Waals surface area contributed by atoms with Crippen LogP contribution in [0, 0.1) is 5.92 Å². The third kappa shape index (κ3) is 4.15. The number of rotatable bonds is 8. The van der Waals surface area contributed by atoms with Crippen LogP contribution < -0.4 is 9.64 Å². The summed E-state index contributed by atoms with van der Waals surface area (Å²) >= 11 is 0. The van der Waals surface area contributed by atoms with Gasteiger partial charge in [-0.15, -0.1) is 0 Å². The normalized spacial score (nSPS) is 16.1. The zero-order valence-electron chi connectivity index (χ0n) is 18.6. The van der Waals surface area contributed by atoms with Gasteiger partial charge in [0.05, 0.1) is 24.1 Å². The number of ether oxygens (including phenoxy) is 2. The Morgan fingerprint density at radius 2 is 1.82 bits per heavy atom. The highest BCUT2D eigenvalue weighted by Crippen LogP contribution is 2.44. The third-order valence-corrected chi connectivity index (χ3v) is 5.54. The zero-order chi connectivity index (χ0) is 23.5. The molecule has 0 saturated heterocycles. The van der Waals surface area contributed by atoms with Gasteiger partial charge in [0, 0.05) is 29.8 Å². The molecule has 0 aliphatic carbocycles. The summed E-state index contributed by atoms with van der Waals surface area (Å²) < 4.78 is 15.9. The Bertz CT molecular complexity index is 1180. The van der Waals surface area contributed by atoms with E-state index in [1.54, 1.807) is 62.8 Å². The van der Waals surface area contributed by atoms with E-state index in [0.717, 1.165) is 11.1 Å². The van der Waals surface area contributed by atoms with Crippen LogP contribution in [0.4, 0.5) is 5.69 Å². The summed E-state index contributed by atoms with van der Waals surface area (Å²) in [5.74, 6) is -1.43. The third-order valence-electron chi connectivity index (χ3n) is 5.54. The highest BCUT2D eigenvalue weighted by Gasteiger charge is 2.45. The topological polar surface area (TPSA) is 89.2 Å². The number of hydrogen-bond acceptors (Lipinski definition) is 6. The molecular formula is C26H25NO6. The maximum Gasteiger partial charge on any atom is 0.294 e. The molecular weight excluding hydrogens is 422 g/mol. The molecule has 1 amide bonds. The molecule has 0 bridgehead atoms. The molecule has 4 rings (SSSR count). The van der Waals surface area contributed by atoms with Crippen molar-refractivity contribution in [3.8, 4) is 16.9 Å². The second kappa shape index (κ2) is 9.34. The van der Waals surface area contributed by atoms with E-state index in [-0.39, 0.29) is 18.1 Å². The van der Waals surface area contributed by atoms with Crippen LogP contribution in [0.25, 0.3) is 11.1 Å². The van der Waals surface area contributed by atoms with Crippen LogP contribution in [0.5, 0.6) is 5.75 Å². The van der Waals surface area contributed by atoms with Gasteiger partial charge in [0.1, 0.15) is 5.75 Å². The number of Topliss-reactive ketones (excluding diaryl/α,β-unsaturated/α-hetero) is 1. The summed E-state index contributed by atoms with van der Waals surface area (Å²) in [5.41, 5.74) is 2.99. The first-order valence-corrected chi connectivity index (χ1v) is 10.6. The number of para-hydroxylation sites is 1. The minimum atomic E-state index is -0.847. The Kier molecular flexibility index (Phi) is 6.33. The minimum Gasteiger partial charge on any atom is -0.503 e. The number of aliphatic hydroxyl groups excluding tert-OH is 1. The second-order valence-corrected chi connectivity index (χ2v) is 8.01. The van der Waals surface area contributed by atoms with E-state index < -0.39 is 23.6 Å². The smallest absolute Gasteiger partial charge is 0.294 e. The SMILES string of the molecule is COCOc1ccccc1C1C(C(=O)C(C)C)=C(O)C(=O)N1c1ccc(-c2ccoc2)cc1. The Balaban J connectivity index is 1.83. The lowest BCUT2D eigenvalue weighted by Crippen LogP contribution is -2.31. The van der Waals surface area contributed by atoms with Crippen molar-refractivity contribution in [3.05, 3.63) is 84.0 Å². The van der Waals surface area contributed by atoms with Crippen molar-refractivity contribution >= 4 is 17.4 Å². The molecule has 2 aromatic carbocycles. The van der Waals surface area contributed by atoms with Gasteiger partial charge in [-0.25, -0.2) is 0 Å². The lowest BCUT2D eigenvalue weighted by molar-refractivity contribution is -0.119. The van der Waals surface area contributed by atoms with Gasteiger partial charge >= 0.3 is 0 Å². The second-order valence-electron chi connectivity index (χ2n) is 8.01. The fraction of sp³-hybridized carbons (Fsp3) is 0.231. The van der Waals surface area contributed by atoms with Crippen molar-refractivity contribution in [2.75, 3.05) is 18.8 Å². The maximum atomic E-state index is 13.3. The summed E-state index contributed by atoms with van der Waals surface area (Å²) in [6.45, 7) is 3.47. The lowest BCUT2D eigenvalue weighted by Gasteiger charge is -2.28. The number of nitrogens with zero attached hydrogens (tertiary/aromatic N) is 1. The highest BCUT2D eigenvalue weighted by atomic mass is 16.7. The van der Waals surface area contributed by atoms with Crippen LogP contribution in [-0.4, -0.2) is 30.7 Å². The monoisotopic (exact) mass is 447 g/mol. The molecule has 1 N–H and O–H groups in total. The molecule has 2 heterocycles. The number of aliphatic hydroxyl groups is 1. The van der Waals surface area contributed by atoms with E-state index in [1.165, 1.54) is 12.0 Å².